The van der Waals surface area contributed by atoms with Gasteiger partial charge in [-0.25, -0.2) is 0 Å². The van der Waals surface area contributed by atoms with Crippen LogP contribution in [0.4, 0.5) is 11.4 Å². The van der Waals surface area contributed by atoms with Crippen molar-refractivity contribution in [3.63, 3.8) is 0 Å². The summed E-state index contributed by atoms with van der Waals surface area (Å²) >= 11 is 0. The van der Waals surface area contributed by atoms with Gasteiger partial charge in [0.25, 0.3) is 10.9 Å². The summed E-state index contributed by atoms with van der Waals surface area (Å²) in [5.41, 5.74) is 0.700. The lowest BCUT2D eigenvalue weighted by molar-refractivity contribution is 0.367. The SMILES string of the molecule is CN(C)c1c(N(C)CCCC(C)(C)C)c(=O)c1=O. The molecular formula is C14H24N2O2. The molecule has 1 aromatic rings. The maximum absolute atomic E-state index is 11.6. The number of rotatable bonds is 5. The Morgan fingerprint density at radius 1 is 0.944 bits per heavy atom. The maximum Gasteiger partial charge on any atom is 0.253 e. The van der Waals surface area contributed by atoms with Crippen molar-refractivity contribution in [3.05, 3.63) is 20.4 Å². The third kappa shape index (κ3) is 3.12. The van der Waals surface area contributed by atoms with Gasteiger partial charge in [-0.15, -0.1) is 0 Å². The zero-order chi connectivity index (χ0) is 14.1. The predicted molar refractivity (Wildman–Crippen MR) is 77.6 cm³/mol. The van der Waals surface area contributed by atoms with Crippen LogP contribution < -0.4 is 20.7 Å². The molecule has 0 radical (unpaired) electrons. The number of hydrogen-bond acceptors (Lipinski definition) is 4. The van der Waals surface area contributed by atoms with E-state index in [0.29, 0.717) is 16.8 Å². The van der Waals surface area contributed by atoms with Gasteiger partial charge < -0.3 is 9.80 Å². The molecule has 4 heteroatoms. The first-order valence-corrected chi connectivity index (χ1v) is 6.37. The second kappa shape index (κ2) is 5.12. The molecule has 1 rings (SSSR count). The Balaban J connectivity index is 2.69. The van der Waals surface area contributed by atoms with Crippen LogP contribution in [0.1, 0.15) is 33.6 Å². The van der Waals surface area contributed by atoms with Crippen LogP contribution in [0, 0.1) is 5.41 Å². The lowest BCUT2D eigenvalue weighted by Gasteiger charge is -2.27. The fourth-order valence-corrected chi connectivity index (χ4v) is 2.10. The molecule has 0 aliphatic carbocycles. The monoisotopic (exact) mass is 252 g/mol. The van der Waals surface area contributed by atoms with E-state index in [1.807, 2.05) is 11.9 Å². The largest absolute Gasteiger partial charge is 0.373 e. The molecule has 0 saturated carbocycles. The van der Waals surface area contributed by atoms with Crippen molar-refractivity contribution in [2.75, 3.05) is 37.5 Å². The summed E-state index contributed by atoms with van der Waals surface area (Å²) in [6, 6.07) is 0. The second-order valence-electron chi connectivity index (χ2n) is 6.34. The fraction of sp³-hybridized carbons (Fsp3) is 0.714. The van der Waals surface area contributed by atoms with Crippen molar-refractivity contribution in [1.29, 1.82) is 0 Å². The topological polar surface area (TPSA) is 40.6 Å². The standard InChI is InChI=1S/C14H24N2O2/c1-14(2,3)8-7-9-16(6)11-10(15(4)5)12(17)13(11)18/h7-9H2,1-6H3. The molecular weight excluding hydrogens is 228 g/mol. The normalized spacial score (nSPS) is 11.9. The first kappa shape index (κ1) is 14.7. The second-order valence-corrected chi connectivity index (χ2v) is 6.34. The quantitative estimate of drug-likeness (QED) is 0.747. The van der Waals surface area contributed by atoms with Crippen LogP contribution in [-0.2, 0) is 0 Å². The van der Waals surface area contributed by atoms with Gasteiger partial charge >= 0.3 is 0 Å². The van der Waals surface area contributed by atoms with Gasteiger partial charge in [-0.1, -0.05) is 20.8 Å². The van der Waals surface area contributed by atoms with Gasteiger partial charge in [0.15, 0.2) is 0 Å². The van der Waals surface area contributed by atoms with Gasteiger partial charge in [0.2, 0.25) is 0 Å². The van der Waals surface area contributed by atoms with Gasteiger partial charge in [0.1, 0.15) is 11.4 Å². The third-order valence-corrected chi connectivity index (χ3v) is 3.11. The van der Waals surface area contributed by atoms with Crippen LogP contribution in [0.15, 0.2) is 9.59 Å². The Hall–Kier alpha value is -1.32. The highest BCUT2D eigenvalue weighted by molar-refractivity contribution is 5.75. The fourth-order valence-electron chi connectivity index (χ4n) is 2.10. The molecule has 0 aliphatic heterocycles. The first-order chi connectivity index (χ1) is 8.15. The Labute approximate surface area is 109 Å². The van der Waals surface area contributed by atoms with E-state index >= 15 is 0 Å². The van der Waals surface area contributed by atoms with Crippen molar-refractivity contribution in [3.8, 4) is 0 Å². The molecule has 0 fully saturated rings. The minimum Gasteiger partial charge on any atom is -0.373 e. The van der Waals surface area contributed by atoms with E-state index in [-0.39, 0.29) is 10.9 Å². The lowest BCUT2D eigenvalue weighted by Crippen LogP contribution is -2.43. The Morgan fingerprint density at radius 3 is 1.89 bits per heavy atom. The Kier molecular flexibility index (Phi) is 4.20. The molecule has 0 atom stereocenters. The maximum atomic E-state index is 11.6. The molecule has 0 aromatic heterocycles. The molecule has 1 aromatic carbocycles. The number of anilines is 2. The summed E-state index contributed by atoms with van der Waals surface area (Å²) in [6.07, 6.45) is 2.12. The van der Waals surface area contributed by atoms with E-state index in [1.165, 1.54) is 0 Å². The van der Waals surface area contributed by atoms with Crippen molar-refractivity contribution >= 4 is 11.4 Å². The molecule has 0 bridgehead atoms. The summed E-state index contributed by atoms with van der Waals surface area (Å²) in [5, 5.41) is 0. The van der Waals surface area contributed by atoms with Crippen molar-refractivity contribution in [2.45, 2.75) is 33.6 Å². The van der Waals surface area contributed by atoms with Crippen LogP contribution >= 0.6 is 0 Å². The summed E-state index contributed by atoms with van der Waals surface area (Å²) in [4.78, 5) is 26.7. The van der Waals surface area contributed by atoms with Gasteiger partial charge in [-0.05, 0) is 18.3 Å². The highest BCUT2D eigenvalue weighted by Crippen LogP contribution is 2.24. The zero-order valence-electron chi connectivity index (χ0n) is 12.3. The highest BCUT2D eigenvalue weighted by atomic mass is 16.2. The summed E-state index contributed by atoms with van der Waals surface area (Å²) < 4.78 is 0. The number of nitrogens with zero attached hydrogens (tertiary/aromatic N) is 2. The minimum absolute atomic E-state index is 0.305. The van der Waals surface area contributed by atoms with Crippen molar-refractivity contribution in [2.24, 2.45) is 5.41 Å². The van der Waals surface area contributed by atoms with Gasteiger partial charge in [-0.2, -0.15) is 0 Å². The van der Waals surface area contributed by atoms with Gasteiger partial charge in [0.05, 0.1) is 0 Å². The Bertz CT molecular complexity index is 477. The average Bonchev–Trinajstić information content (AvgIpc) is 2.21. The number of hydrogen-bond donors (Lipinski definition) is 0. The molecule has 0 N–H and O–H groups in total. The molecule has 18 heavy (non-hydrogen) atoms. The molecule has 0 spiro atoms. The van der Waals surface area contributed by atoms with E-state index < -0.39 is 0 Å². The molecule has 102 valence electrons. The van der Waals surface area contributed by atoms with E-state index in [1.54, 1.807) is 19.0 Å². The minimum atomic E-state index is -0.363. The van der Waals surface area contributed by atoms with Crippen LogP contribution in [0.2, 0.25) is 0 Å². The van der Waals surface area contributed by atoms with Crippen molar-refractivity contribution < 1.29 is 0 Å². The van der Waals surface area contributed by atoms with E-state index in [0.717, 1.165) is 19.4 Å². The zero-order valence-corrected chi connectivity index (χ0v) is 12.3. The average molecular weight is 252 g/mol. The van der Waals surface area contributed by atoms with Crippen LogP contribution in [0.25, 0.3) is 0 Å². The van der Waals surface area contributed by atoms with Crippen LogP contribution in [-0.4, -0.2) is 27.7 Å². The van der Waals surface area contributed by atoms with Crippen LogP contribution in [0.5, 0.6) is 0 Å². The van der Waals surface area contributed by atoms with Crippen LogP contribution in [0.3, 0.4) is 0 Å². The summed E-state index contributed by atoms with van der Waals surface area (Å²) in [7, 11) is 5.47. The third-order valence-electron chi connectivity index (χ3n) is 3.11. The molecule has 0 heterocycles. The van der Waals surface area contributed by atoms with E-state index in [2.05, 4.69) is 20.8 Å². The molecule has 4 nitrogen and oxygen atoms in total. The molecule has 0 saturated heterocycles. The molecule has 0 unspecified atom stereocenters. The predicted octanol–water partition coefficient (Wildman–Crippen LogP) is 1.61. The lowest BCUT2D eigenvalue weighted by atomic mass is 9.90. The molecule has 0 aliphatic rings. The Morgan fingerprint density at radius 2 is 1.44 bits per heavy atom. The van der Waals surface area contributed by atoms with Crippen molar-refractivity contribution in [1.82, 2.24) is 0 Å². The van der Waals surface area contributed by atoms with E-state index in [4.69, 9.17) is 0 Å². The first-order valence-electron chi connectivity index (χ1n) is 6.37. The highest BCUT2D eigenvalue weighted by Gasteiger charge is 2.25. The smallest absolute Gasteiger partial charge is 0.253 e. The van der Waals surface area contributed by atoms with E-state index in [9.17, 15) is 9.59 Å². The summed E-state index contributed by atoms with van der Waals surface area (Å²) in [6.45, 7) is 7.42. The van der Waals surface area contributed by atoms with Gasteiger partial charge in [-0.3, -0.25) is 9.59 Å². The van der Waals surface area contributed by atoms with Gasteiger partial charge in [0, 0.05) is 27.7 Å². The molecule has 0 amide bonds. The summed E-state index contributed by atoms with van der Waals surface area (Å²) in [5.74, 6) is 0.